The van der Waals surface area contributed by atoms with Gasteiger partial charge in [0, 0.05) is 24.6 Å². The number of likely N-dealkylation sites (tertiary alicyclic amines) is 1. The lowest BCUT2D eigenvalue weighted by atomic mass is 9.89. The van der Waals surface area contributed by atoms with Gasteiger partial charge in [-0.25, -0.2) is 9.78 Å². The summed E-state index contributed by atoms with van der Waals surface area (Å²) in [5.74, 6) is -0.0131. The summed E-state index contributed by atoms with van der Waals surface area (Å²) in [5, 5.41) is 10.6. The van der Waals surface area contributed by atoms with Crippen LogP contribution in [0, 0.1) is 5.92 Å². The number of ether oxygens (including phenoxy) is 2. The number of anilines is 1. The summed E-state index contributed by atoms with van der Waals surface area (Å²) in [4.78, 5) is 18.7. The lowest BCUT2D eigenvalue weighted by Crippen LogP contribution is -2.47. The number of nitrogens with zero attached hydrogens (tertiary/aromatic N) is 4. The standard InChI is InChI=1S/C19H23N5O3/c1-19(26-11-12-27-19)15-7-9-24(10-8-15)18(25)22-17-21-16(13-20-23-17)14-5-3-2-4-6-14/h2-6,13,15H,7-12H2,1H3,(H,21,22,23,25). The van der Waals surface area contributed by atoms with Crippen molar-refractivity contribution in [3.8, 4) is 11.3 Å². The number of amides is 2. The molecule has 27 heavy (non-hydrogen) atoms. The van der Waals surface area contributed by atoms with Crippen LogP contribution in [0.3, 0.4) is 0 Å². The molecule has 2 fully saturated rings. The third-order valence-corrected chi connectivity index (χ3v) is 5.23. The molecule has 0 aliphatic carbocycles. The van der Waals surface area contributed by atoms with E-state index in [9.17, 15) is 4.79 Å². The number of nitrogens with one attached hydrogen (secondary N) is 1. The Hall–Kier alpha value is -2.58. The van der Waals surface area contributed by atoms with Crippen LogP contribution in [0.2, 0.25) is 0 Å². The molecule has 4 rings (SSSR count). The summed E-state index contributed by atoms with van der Waals surface area (Å²) in [6, 6.07) is 9.46. The van der Waals surface area contributed by atoms with Gasteiger partial charge in [0.1, 0.15) is 0 Å². The van der Waals surface area contributed by atoms with Crippen molar-refractivity contribution < 1.29 is 14.3 Å². The van der Waals surface area contributed by atoms with Gasteiger partial charge in [0.25, 0.3) is 5.95 Å². The Bertz CT molecular complexity index is 787. The number of benzene rings is 1. The number of urea groups is 1. The lowest BCUT2D eigenvalue weighted by molar-refractivity contribution is -0.189. The van der Waals surface area contributed by atoms with Gasteiger partial charge < -0.3 is 14.4 Å². The maximum atomic E-state index is 12.6. The number of piperidine rings is 1. The quantitative estimate of drug-likeness (QED) is 0.894. The summed E-state index contributed by atoms with van der Waals surface area (Å²) in [5.41, 5.74) is 1.59. The van der Waals surface area contributed by atoms with Crippen LogP contribution in [0.1, 0.15) is 19.8 Å². The molecule has 1 aromatic heterocycles. The first kappa shape index (κ1) is 17.8. The maximum absolute atomic E-state index is 12.6. The summed E-state index contributed by atoms with van der Waals surface area (Å²) in [6.07, 6.45) is 3.26. The van der Waals surface area contributed by atoms with E-state index in [0.717, 1.165) is 18.4 Å². The molecule has 2 amide bonds. The highest BCUT2D eigenvalue weighted by atomic mass is 16.7. The number of carbonyl (C=O) groups is 1. The van der Waals surface area contributed by atoms with Crippen LogP contribution in [0.5, 0.6) is 0 Å². The molecule has 3 heterocycles. The van der Waals surface area contributed by atoms with Crippen molar-refractivity contribution in [2.45, 2.75) is 25.6 Å². The van der Waals surface area contributed by atoms with Crippen molar-refractivity contribution in [3.05, 3.63) is 36.5 Å². The van der Waals surface area contributed by atoms with Crippen molar-refractivity contribution >= 4 is 12.0 Å². The topological polar surface area (TPSA) is 89.5 Å². The number of hydrogen-bond donors (Lipinski definition) is 1. The summed E-state index contributed by atoms with van der Waals surface area (Å²) < 4.78 is 11.5. The van der Waals surface area contributed by atoms with Crippen LogP contribution in [0.4, 0.5) is 10.7 Å². The largest absolute Gasteiger partial charge is 0.348 e. The van der Waals surface area contributed by atoms with Crippen LogP contribution in [-0.4, -0.2) is 58.2 Å². The third kappa shape index (κ3) is 3.91. The first-order valence-corrected chi connectivity index (χ1v) is 9.23. The van der Waals surface area contributed by atoms with E-state index < -0.39 is 5.79 Å². The minimum atomic E-state index is -0.514. The fourth-order valence-corrected chi connectivity index (χ4v) is 3.65. The Morgan fingerprint density at radius 2 is 1.89 bits per heavy atom. The summed E-state index contributed by atoms with van der Waals surface area (Å²) >= 11 is 0. The highest BCUT2D eigenvalue weighted by molar-refractivity contribution is 5.87. The van der Waals surface area contributed by atoms with Crippen LogP contribution in [0.15, 0.2) is 36.5 Å². The van der Waals surface area contributed by atoms with Gasteiger partial charge in [-0.3, -0.25) is 5.32 Å². The van der Waals surface area contributed by atoms with Crippen molar-refractivity contribution in [2.24, 2.45) is 5.92 Å². The van der Waals surface area contributed by atoms with E-state index in [-0.39, 0.29) is 12.0 Å². The molecule has 142 valence electrons. The molecule has 2 saturated heterocycles. The summed E-state index contributed by atoms with van der Waals surface area (Å²) in [6.45, 7) is 4.56. The first-order valence-electron chi connectivity index (χ1n) is 9.23. The average molecular weight is 369 g/mol. The molecule has 8 heteroatoms. The van der Waals surface area contributed by atoms with Crippen molar-refractivity contribution in [3.63, 3.8) is 0 Å². The van der Waals surface area contributed by atoms with Crippen molar-refractivity contribution in [1.82, 2.24) is 20.1 Å². The lowest BCUT2D eigenvalue weighted by Gasteiger charge is -2.38. The van der Waals surface area contributed by atoms with Gasteiger partial charge in [0.05, 0.1) is 25.1 Å². The fraction of sp³-hybridized carbons (Fsp3) is 0.474. The predicted molar refractivity (Wildman–Crippen MR) is 98.9 cm³/mol. The number of hydrogen-bond acceptors (Lipinski definition) is 6. The molecular weight excluding hydrogens is 346 g/mol. The Labute approximate surface area is 157 Å². The van der Waals surface area contributed by atoms with Gasteiger partial charge in [-0.15, -0.1) is 5.10 Å². The molecule has 0 saturated carbocycles. The van der Waals surface area contributed by atoms with Gasteiger partial charge in [-0.2, -0.15) is 5.10 Å². The highest BCUT2D eigenvalue weighted by Gasteiger charge is 2.41. The molecule has 0 radical (unpaired) electrons. The van der Waals surface area contributed by atoms with E-state index in [1.54, 1.807) is 11.1 Å². The van der Waals surface area contributed by atoms with Crippen molar-refractivity contribution in [2.75, 3.05) is 31.6 Å². The average Bonchev–Trinajstić information content (AvgIpc) is 3.17. The third-order valence-electron chi connectivity index (χ3n) is 5.23. The van der Waals surface area contributed by atoms with Gasteiger partial charge in [0.2, 0.25) is 0 Å². The molecule has 0 bridgehead atoms. The minimum absolute atomic E-state index is 0.206. The predicted octanol–water partition coefficient (Wildman–Crippen LogP) is 2.55. The monoisotopic (exact) mass is 369 g/mol. The van der Waals surface area contributed by atoms with Crippen molar-refractivity contribution in [1.29, 1.82) is 0 Å². The SMILES string of the molecule is CC1(C2CCN(C(=O)Nc3nncc(-c4ccccc4)n3)CC2)OCCO1. The van der Waals surface area contributed by atoms with Gasteiger partial charge >= 0.3 is 6.03 Å². The Morgan fingerprint density at radius 3 is 2.59 bits per heavy atom. The zero-order valence-corrected chi connectivity index (χ0v) is 15.3. The molecular formula is C19H23N5O3. The van der Waals surface area contributed by atoms with Crippen LogP contribution in [-0.2, 0) is 9.47 Å². The highest BCUT2D eigenvalue weighted by Crippen LogP contribution is 2.35. The zero-order valence-electron chi connectivity index (χ0n) is 15.3. The van der Waals surface area contributed by atoms with E-state index in [4.69, 9.17) is 9.47 Å². The van der Waals surface area contributed by atoms with Gasteiger partial charge in [-0.05, 0) is 19.8 Å². The smallest absolute Gasteiger partial charge is 0.324 e. The fourth-order valence-electron chi connectivity index (χ4n) is 3.65. The molecule has 2 aliphatic rings. The first-order chi connectivity index (χ1) is 13.1. The molecule has 2 aromatic rings. The van der Waals surface area contributed by atoms with Crippen LogP contribution in [0.25, 0.3) is 11.3 Å². The van der Waals surface area contributed by atoms with E-state index in [1.807, 2.05) is 37.3 Å². The molecule has 1 N–H and O–H groups in total. The number of rotatable bonds is 3. The Morgan fingerprint density at radius 1 is 1.19 bits per heavy atom. The number of carbonyl (C=O) groups excluding carboxylic acids is 1. The zero-order chi connectivity index (χ0) is 18.7. The van der Waals surface area contributed by atoms with Crippen LogP contribution >= 0.6 is 0 Å². The molecule has 8 nitrogen and oxygen atoms in total. The maximum Gasteiger partial charge on any atom is 0.324 e. The van der Waals surface area contributed by atoms with E-state index in [1.165, 1.54) is 0 Å². The molecule has 1 aromatic carbocycles. The minimum Gasteiger partial charge on any atom is -0.348 e. The second kappa shape index (κ2) is 7.58. The van der Waals surface area contributed by atoms with E-state index in [0.29, 0.717) is 37.9 Å². The van der Waals surface area contributed by atoms with Gasteiger partial charge in [0.15, 0.2) is 5.79 Å². The molecule has 0 atom stereocenters. The molecule has 0 unspecified atom stereocenters. The molecule has 0 spiro atoms. The van der Waals surface area contributed by atoms with E-state index in [2.05, 4.69) is 20.5 Å². The summed E-state index contributed by atoms with van der Waals surface area (Å²) in [7, 11) is 0. The normalized spacial score (nSPS) is 19.8. The second-order valence-electron chi connectivity index (χ2n) is 6.94. The second-order valence-corrected chi connectivity index (χ2v) is 6.94. The van der Waals surface area contributed by atoms with Gasteiger partial charge in [-0.1, -0.05) is 30.3 Å². The Kier molecular flexibility index (Phi) is 5.00. The van der Waals surface area contributed by atoms with E-state index >= 15 is 0 Å². The van der Waals surface area contributed by atoms with Crippen LogP contribution < -0.4 is 5.32 Å². The molecule has 2 aliphatic heterocycles. The Balaban J connectivity index is 1.36. The number of aromatic nitrogens is 3.